The van der Waals surface area contributed by atoms with Gasteiger partial charge in [-0.2, -0.15) is 0 Å². The zero-order valence-corrected chi connectivity index (χ0v) is 22.8. The number of hydrogen-bond donors (Lipinski definition) is 2. The van der Waals surface area contributed by atoms with E-state index in [9.17, 15) is 0 Å². The van der Waals surface area contributed by atoms with Crippen LogP contribution in [0.3, 0.4) is 0 Å². The molecule has 1 aliphatic heterocycles. The normalized spacial score (nSPS) is 26.7. The fraction of sp³-hybridized carbons (Fsp3) is 0.947. The largest absolute Gasteiger partial charge is 0.409 e. The van der Waals surface area contributed by atoms with Crippen LogP contribution >= 0.6 is 6.64 Å². The highest BCUT2D eigenvalue weighted by Crippen LogP contribution is 2.48. The zero-order valence-electron chi connectivity index (χ0n) is 22.1. The van der Waals surface area contributed by atoms with Gasteiger partial charge in [0.15, 0.2) is 8.32 Å². The van der Waals surface area contributed by atoms with Crippen molar-refractivity contribution in [1.29, 1.82) is 1.43 Å². The SMILES string of the molecule is CCC.[2H]OC[C@H]1O[C@@H]([B])[C@@H](O[Si](C)(C)C(C)(C)C)C1OP(=S)(NC)OCC[N+]#[C-].[3H]C. The van der Waals surface area contributed by atoms with Gasteiger partial charge in [-0.25, -0.2) is 11.7 Å². The summed E-state index contributed by atoms with van der Waals surface area (Å²) >= 11 is 5.52. The Bertz CT molecular complexity index is 599. The molecule has 30 heavy (non-hydrogen) atoms. The molecular formula is C19H42BN2O5PSSi. The molecule has 2 radical (unpaired) electrons. The molecule has 176 valence electrons. The monoisotopic (exact) mass is 483 g/mol. The Morgan fingerprint density at radius 2 is 2.00 bits per heavy atom. The fourth-order valence-electron chi connectivity index (χ4n) is 2.18. The second-order valence-electron chi connectivity index (χ2n) is 8.36. The Hall–Kier alpha value is 0.182. The Balaban J connectivity index is 0. The number of ether oxygens (including phenoxy) is 1. The van der Waals surface area contributed by atoms with Crippen LogP contribution in [-0.4, -0.2) is 73.8 Å². The number of nitrogens with one attached hydrogen (secondary N) is 1. The summed E-state index contributed by atoms with van der Waals surface area (Å²) in [5.74, 6) is 0. The van der Waals surface area contributed by atoms with Crippen molar-refractivity contribution in [3.63, 3.8) is 0 Å². The van der Waals surface area contributed by atoms with Gasteiger partial charge in [0.2, 0.25) is 7.98 Å². The number of aliphatic hydroxyl groups excluding tert-OH is 1. The predicted molar refractivity (Wildman–Crippen MR) is 132 cm³/mol. The average molecular weight is 484 g/mol. The van der Waals surface area contributed by atoms with Gasteiger partial charge in [0.25, 0.3) is 6.64 Å². The van der Waals surface area contributed by atoms with Crippen molar-refractivity contribution in [3.8, 4) is 0 Å². The lowest BCUT2D eigenvalue weighted by atomic mass is 9.93. The third-order valence-electron chi connectivity index (χ3n) is 4.75. The molecule has 0 spiro atoms. The van der Waals surface area contributed by atoms with E-state index < -0.39 is 39.3 Å². The van der Waals surface area contributed by atoms with Crippen LogP contribution in [0.5, 0.6) is 0 Å². The van der Waals surface area contributed by atoms with Crippen molar-refractivity contribution in [2.75, 3.05) is 26.8 Å². The van der Waals surface area contributed by atoms with Crippen molar-refractivity contribution < 1.29 is 24.7 Å². The van der Waals surface area contributed by atoms with Crippen LogP contribution in [0.2, 0.25) is 18.1 Å². The lowest BCUT2D eigenvalue weighted by molar-refractivity contribution is 0.000346. The molecule has 0 aromatic heterocycles. The van der Waals surface area contributed by atoms with E-state index in [1.807, 2.05) is 0 Å². The Morgan fingerprint density at radius 3 is 2.43 bits per heavy atom. The molecule has 0 aliphatic carbocycles. The predicted octanol–water partition coefficient (Wildman–Crippen LogP) is 4.08. The molecular weight excluding hydrogens is 438 g/mol. The standard InChI is InChI=1S/C15H30BN2O5PSSi.C3H8.CH4/c1-15(2,3)26(6,7)23-13-12(11(10-19)21-14(13)16)22-24(25,18-5)20-9-8-17-4;1-3-2;/h11-14,19H,8-10H2,1-3,5-7H3,(H,18,25);3H2,1-2H3;1H4/t11-,12?,13+,14-,24?;;/m1../s1/i19D;;1T. The van der Waals surface area contributed by atoms with Crippen LogP contribution in [0.15, 0.2) is 0 Å². The van der Waals surface area contributed by atoms with Gasteiger partial charge in [0, 0.05) is 7.37 Å². The number of rotatable bonds is 10. The van der Waals surface area contributed by atoms with Gasteiger partial charge < -0.3 is 28.2 Å². The van der Waals surface area contributed by atoms with Crippen LogP contribution in [0, 0.1) is 6.57 Å². The molecule has 1 saturated heterocycles. The number of hydrogen-bond acceptors (Lipinski definition) is 6. The Labute approximate surface area is 195 Å². The van der Waals surface area contributed by atoms with Gasteiger partial charge in [-0.05, 0) is 37.0 Å². The van der Waals surface area contributed by atoms with Crippen LogP contribution < -0.4 is 5.09 Å². The Morgan fingerprint density at radius 1 is 1.43 bits per heavy atom. The van der Waals surface area contributed by atoms with Crippen LogP contribution in [-0.2, 0) is 30.0 Å². The van der Waals surface area contributed by atoms with Crippen LogP contribution in [0.4, 0.5) is 0 Å². The van der Waals surface area contributed by atoms with E-state index in [0.29, 0.717) is 0 Å². The molecule has 5 atom stereocenters. The smallest absolute Gasteiger partial charge is 0.261 e. The number of aliphatic hydroxyl groups is 1. The molecule has 1 heterocycles. The summed E-state index contributed by atoms with van der Waals surface area (Å²) in [4.78, 5) is 3.26. The van der Waals surface area contributed by atoms with E-state index in [0.717, 1.165) is 0 Å². The second kappa shape index (κ2) is 14.4. The van der Waals surface area contributed by atoms with Gasteiger partial charge in [-0.1, -0.05) is 48.4 Å². The van der Waals surface area contributed by atoms with Crippen molar-refractivity contribution in [1.82, 2.24) is 5.09 Å². The fourth-order valence-corrected chi connectivity index (χ4v) is 5.20. The lowest BCUT2D eigenvalue weighted by Crippen LogP contribution is -2.50. The van der Waals surface area contributed by atoms with Crippen molar-refractivity contribution in [2.45, 2.75) is 90.9 Å². The maximum Gasteiger partial charge on any atom is 0.261 e. The quantitative estimate of drug-likeness (QED) is 0.210. The highest BCUT2D eigenvalue weighted by Gasteiger charge is 2.50. The molecule has 2 unspecified atom stereocenters. The molecule has 2 N–H and O–H groups in total. The van der Waals surface area contributed by atoms with E-state index in [-0.39, 0.29) is 24.8 Å². The molecule has 0 aromatic rings. The molecule has 0 amide bonds. The van der Waals surface area contributed by atoms with Crippen molar-refractivity contribution in [3.05, 3.63) is 11.4 Å². The topological polar surface area (TPSA) is 73.5 Å². The van der Waals surface area contributed by atoms with Crippen molar-refractivity contribution >= 4 is 34.6 Å². The van der Waals surface area contributed by atoms with Gasteiger partial charge in [0.05, 0.1) is 12.7 Å². The minimum absolute atomic E-state index is 0.0309. The molecule has 0 saturated carbocycles. The van der Waals surface area contributed by atoms with Crippen LogP contribution in [0.25, 0.3) is 4.85 Å². The number of nitrogens with zero attached hydrogens (tertiary/aromatic N) is 1. The lowest BCUT2D eigenvalue weighted by Gasteiger charge is -2.41. The molecule has 0 bridgehead atoms. The molecule has 7 nitrogen and oxygen atoms in total. The van der Waals surface area contributed by atoms with E-state index >= 15 is 0 Å². The zero-order chi connectivity index (χ0) is 25.6. The first-order chi connectivity index (χ1) is 14.8. The first-order valence-corrected chi connectivity index (χ1v) is 15.5. The summed E-state index contributed by atoms with van der Waals surface area (Å²) in [6, 6.07) is -0.729. The van der Waals surface area contributed by atoms with E-state index in [2.05, 4.69) is 62.8 Å². The minimum atomic E-state index is -2.89. The summed E-state index contributed by atoms with van der Waals surface area (Å²) in [5, 5.41) is 7.39. The average Bonchev–Trinajstić information content (AvgIpc) is 2.98. The Kier molecular flexibility index (Phi) is 13.5. The second-order valence-corrected chi connectivity index (χ2v) is 16.5. The summed E-state index contributed by atoms with van der Waals surface area (Å²) in [7, 11) is 6.90. The molecule has 1 rings (SSSR count). The summed E-state index contributed by atoms with van der Waals surface area (Å²) in [5.41, 5.74) is 0. The highest BCUT2D eigenvalue weighted by molar-refractivity contribution is 8.08. The van der Waals surface area contributed by atoms with E-state index in [1.165, 1.54) is 13.8 Å². The van der Waals surface area contributed by atoms with Crippen molar-refractivity contribution in [2.24, 2.45) is 0 Å². The molecule has 1 fully saturated rings. The summed E-state index contributed by atoms with van der Waals surface area (Å²) in [6.45, 7) is 19.2. The molecule has 11 heteroatoms. The first-order valence-electron chi connectivity index (χ1n) is 11.3. The summed E-state index contributed by atoms with van der Waals surface area (Å²) in [6.07, 6.45) is -0.565. The van der Waals surface area contributed by atoms with Gasteiger partial charge in [-0.15, -0.1) is 0 Å². The minimum Gasteiger partial charge on any atom is -0.409 e. The van der Waals surface area contributed by atoms with Crippen LogP contribution in [0.1, 0.15) is 49.8 Å². The first kappa shape index (κ1) is 28.2. The van der Waals surface area contributed by atoms with Gasteiger partial charge in [-0.3, -0.25) is 0 Å². The maximum atomic E-state index is 7.07. The van der Waals surface area contributed by atoms with E-state index in [1.54, 1.807) is 7.05 Å². The van der Waals surface area contributed by atoms with E-state index in [4.69, 9.17) is 47.2 Å². The molecule has 1 aliphatic rings. The highest BCUT2D eigenvalue weighted by atomic mass is 32.5. The third-order valence-corrected chi connectivity index (χ3v) is 11.9. The third kappa shape index (κ3) is 9.76. The van der Waals surface area contributed by atoms with Gasteiger partial charge in [0.1, 0.15) is 26.7 Å². The summed E-state index contributed by atoms with van der Waals surface area (Å²) < 4.78 is 36.8. The maximum absolute atomic E-state index is 7.07. The molecule has 0 aromatic carbocycles. The van der Waals surface area contributed by atoms with Gasteiger partial charge >= 0.3 is 0 Å².